The first kappa shape index (κ1) is 19.5. The summed E-state index contributed by atoms with van der Waals surface area (Å²) in [5.41, 5.74) is 1.05. The molecular formula is C19H19Cl2FN4O. The zero-order valence-corrected chi connectivity index (χ0v) is 16.5. The minimum absolute atomic E-state index is 0.128. The lowest BCUT2D eigenvalue weighted by Crippen LogP contribution is -2.24. The van der Waals surface area contributed by atoms with Crippen molar-refractivity contribution in [3.05, 3.63) is 58.8 Å². The van der Waals surface area contributed by atoms with Gasteiger partial charge in [0.1, 0.15) is 23.4 Å². The number of halogens is 3. The molecule has 0 spiro atoms. The van der Waals surface area contributed by atoms with E-state index in [1.807, 2.05) is 13.8 Å². The summed E-state index contributed by atoms with van der Waals surface area (Å²) >= 11 is 12.7. The molecule has 142 valence electrons. The standard InChI is InChI=1S/C19H19Cl2FN4O/c1-4-12(3)27-10-11(2)24-19-17(16-13(20)6-5-7-14(16)22)18(21)25-15-8-9-23-26(15)19/h5-9,11,24H,3-4,10H2,1-2H3. The van der Waals surface area contributed by atoms with Gasteiger partial charge in [-0.25, -0.2) is 9.37 Å². The van der Waals surface area contributed by atoms with Crippen molar-refractivity contribution < 1.29 is 9.13 Å². The first-order valence-corrected chi connectivity index (χ1v) is 9.22. The number of benzene rings is 1. The minimum atomic E-state index is -0.496. The maximum absolute atomic E-state index is 14.6. The third kappa shape index (κ3) is 4.01. The van der Waals surface area contributed by atoms with E-state index in [2.05, 4.69) is 22.0 Å². The molecule has 8 heteroatoms. The lowest BCUT2D eigenvalue weighted by molar-refractivity contribution is 0.197. The van der Waals surface area contributed by atoms with Gasteiger partial charge in [0.25, 0.3) is 0 Å². The van der Waals surface area contributed by atoms with Gasteiger partial charge in [0.2, 0.25) is 0 Å². The Morgan fingerprint density at radius 1 is 1.33 bits per heavy atom. The number of nitrogens with one attached hydrogen (secondary N) is 1. The van der Waals surface area contributed by atoms with Crippen LogP contribution in [0.2, 0.25) is 10.2 Å². The highest BCUT2D eigenvalue weighted by molar-refractivity contribution is 6.36. The second-order valence-corrected chi connectivity index (χ2v) is 6.84. The van der Waals surface area contributed by atoms with Gasteiger partial charge in [-0.1, -0.05) is 42.8 Å². The summed E-state index contributed by atoms with van der Waals surface area (Å²) in [7, 11) is 0. The van der Waals surface area contributed by atoms with Gasteiger partial charge in [-0.15, -0.1) is 0 Å². The molecule has 0 aliphatic carbocycles. The van der Waals surface area contributed by atoms with Crippen molar-refractivity contribution in [2.75, 3.05) is 11.9 Å². The van der Waals surface area contributed by atoms with Gasteiger partial charge >= 0.3 is 0 Å². The van der Waals surface area contributed by atoms with Crippen molar-refractivity contribution in [2.45, 2.75) is 26.3 Å². The Morgan fingerprint density at radius 3 is 2.81 bits per heavy atom. The van der Waals surface area contributed by atoms with Crippen LogP contribution < -0.4 is 5.32 Å². The summed E-state index contributed by atoms with van der Waals surface area (Å²) < 4.78 is 21.8. The van der Waals surface area contributed by atoms with E-state index >= 15 is 0 Å². The Morgan fingerprint density at radius 2 is 2.11 bits per heavy atom. The second-order valence-electron chi connectivity index (χ2n) is 6.07. The predicted octanol–water partition coefficient (Wildman–Crippen LogP) is 5.58. The maximum Gasteiger partial charge on any atom is 0.159 e. The molecule has 0 saturated carbocycles. The third-order valence-corrected chi connectivity index (χ3v) is 4.61. The highest BCUT2D eigenvalue weighted by atomic mass is 35.5. The molecule has 1 aromatic carbocycles. The minimum Gasteiger partial charge on any atom is -0.496 e. The van der Waals surface area contributed by atoms with E-state index in [1.54, 1.807) is 22.8 Å². The number of fused-ring (bicyclic) bond motifs is 1. The van der Waals surface area contributed by atoms with Crippen LogP contribution >= 0.6 is 23.2 Å². The molecule has 2 aromatic heterocycles. The molecule has 5 nitrogen and oxygen atoms in total. The normalized spacial score (nSPS) is 12.2. The van der Waals surface area contributed by atoms with Crippen LogP contribution in [0.5, 0.6) is 0 Å². The van der Waals surface area contributed by atoms with Crippen LogP contribution in [0.25, 0.3) is 16.8 Å². The second kappa shape index (κ2) is 8.15. The van der Waals surface area contributed by atoms with E-state index in [1.165, 1.54) is 12.1 Å². The summed E-state index contributed by atoms with van der Waals surface area (Å²) in [4.78, 5) is 4.30. The number of allylic oxidation sites excluding steroid dienone is 1. The van der Waals surface area contributed by atoms with E-state index in [9.17, 15) is 4.39 Å². The van der Waals surface area contributed by atoms with Gasteiger partial charge in [-0.2, -0.15) is 9.61 Å². The molecule has 3 aromatic rings. The Labute approximate surface area is 166 Å². The molecule has 3 rings (SSSR count). The van der Waals surface area contributed by atoms with Gasteiger partial charge in [-0.05, 0) is 19.1 Å². The topological polar surface area (TPSA) is 51.5 Å². The van der Waals surface area contributed by atoms with E-state index in [0.29, 0.717) is 29.4 Å². The van der Waals surface area contributed by atoms with Gasteiger partial charge in [0.05, 0.1) is 28.6 Å². The van der Waals surface area contributed by atoms with Crippen molar-refractivity contribution in [2.24, 2.45) is 0 Å². The SMILES string of the molecule is C=C(CC)OCC(C)Nc1c(-c2c(F)cccc2Cl)c(Cl)nc2ccnn12. The van der Waals surface area contributed by atoms with E-state index in [0.717, 1.165) is 6.42 Å². The molecule has 1 unspecified atom stereocenters. The number of rotatable bonds is 7. The highest BCUT2D eigenvalue weighted by Gasteiger charge is 2.23. The molecule has 0 aliphatic heterocycles. The van der Waals surface area contributed by atoms with E-state index in [-0.39, 0.29) is 21.8 Å². The van der Waals surface area contributed by atoms with Gasteiger partial charge in [0.15, 0.2) is 5.65 Å². The van der Waals surface area contributed by atoms with Crippen molar-refractivity contribution in [1.29, 1.82) is 0 Å². The van der Waals surface area contributed by atoms with Gasteiger partial charge in [-0.3, -0.25) is 0 Å². The Hall–Kier alpha value is -2.31. The number of nitrogens with zero attached hydrogens (tertiary/aromatic N) is 3. The zero-order valence-electron chi connectivity index (χ0n) is 15.0. The van der Waals surface area contributed by atoms with Crippen LogP contribution in [0.3, 0.4) is 0 Å². The fourth-order valence-corrected chi connectivity index (χ4v) is 3.15. The summed E-state index contributed by atoms with van der Waals surface area (Å²) in [6, 6.07) is 6.04. The molecule has 0 fully saturated rings. The Balaban J connectivity index is 2.10. The molecular weight excluding hydrogens is 390 g/mol. The van der Waals surface area contributed by atoms with Crippen LogP contribution in [-0.4, -0.2) is 27.2 Å². The summed E-state index contributed by atoms with van der Waals surface area (Å²) in [6.45, 7) is 8.10. The summed E-state index contributed by atoms with van der Waals surface area (Å²) in [5.74, 6) is 0.683. The van der Waals surface area contributed by atoms with E-state index < -0.39 is 5.82 Å². The first-order chi connectivity index (χ1) is 12.9. The number of ether oxygens (including phenoxy) is 1. The average Bonchev–Trinajstić information content (AvgIpc) is 3.09. The van der Waals surface area contributed by atoms with Gasteiger partial charge in [0, 0.05) is 18.1 Å². The van der Waals surface area contributed by atoms with E-state index in [4.69, 9.17) is 27.9 Å². The summed E-state index contributed by atoms with van der Waals surface area (Å²) in [6.07, 6.45) is 2.32. The lowest BCUT2D eigenvalue weighted by Gasteiger charge is -2.21. The van der Waals surface area contributed by atoms with Crippen LogP contribution in [-0.2, 0) is 4.74 Å². The van der Waals surface area contributed by atoms with Crippen LogP contribution in [0.4, 0.5) is 10.2 Å². The first-order valence-electron chi connectivity index (χ1n) is 8.47. The molecule has 0 saturated heterocycles. The smallest absolute Gasteiger partial charge is 0.159 e. The fourth-order valence-electron chi connectivity index (χ4n) is 2.62. The number of hydrogen-bond donors (Lipinski definition) is 1. The highest BCUT2D eigenvalue weighted by Crippen LogP contribution is 2.40. The largest absolute Gasteiger partial charge is 0.496 e. The van der Waals surface area contributed by atoms with Crippen molar-refractivity contribution in [3.63, 3.8) is 0 Å². The average molecular weight is 409 g/mol. The Kier molecular flexibility index (Phi) is 5.87. The lowest BCUT2D eigenvalue weighted by atomic mass is 10.1. The molecule has 1 N–H and O–H groups in total. The van der Waals surface area contributed by atoms with Crippen LogP contribution in [0, 0.1) is 5.82 Å². The molecule has 0 bridgehead atoms. The monoisotopic (exact) mass is 408 g/mol. The third-order valence-electron chi connectivity index (χ3n) is 4.02. The zero-order chi connectivity index (χ0) is 19.6. The van der Waals surface area contributed by atoms with Crippen molar-refractivity contribution in [3.8, 4) is 11.1 Å². The number of aromatic nitrogens is 3. The molecule has 0 amide bonds. The van der Waals surface area contributed by atoms with Crippen LogP contribution in [0.1, 0.15) is 20.3 Å². The quantitative estimate of drug-likeness (QED) is 0.409. The van der Waals surface area contributed by atoms with Gasteiger partial charge < -0.3 is 10.1 Å². The van der Waals surface area contributed by atoms with Crippen LogP contribution in [0.15, 0.2) is 42.8 Å². The number of hydrogen-bond acceptors (Lipinski definition) is 4. The van der Waals surface area contributed by atoms with Crippen molar-refractivity contribution >= 4 is 34.7 Å². The molecule has 2 heterocycles. The molecule has 27 heavy (non-hydrogen) atoms. The Bertz CT molecular complexity index is 969. The number of anilines is 1. The molecule has 1 atom stereocenters. The maximum atomic E-state index is 14.6. The summed E-state index contributed by atoms with van der Waals surface area (Å²) in [5, 5.41) is 7.94. The molecule has 0 radical (unpaired) electrons. The predicted molar refractivity (Wildman–Crippen MR) is 107 cm³/mol. The fraction of sp³-hybridized carbons (Fsp3) is 0.263. The van der Waals surface area contributed by atoms with Crippen molar-refractivity contribution in [1.82, 2.24) is 14.6 Å². The molecule has 0 aliphatic rings.